The van der Waals surface area contributed by atoms with Gasteiger partial charge < -0.3 is 9.47 Å². The lowest BCUT2D eigenvalue weighted by molar-refractivity contribution is -0.243. The summed E-state index contributed by atoms with van der Waals surface area (Å²) in [6.45, 7) is 10.1. The Balaban J connectivity index is 1.57. The third kappa shape index (κ3) is 2.78. The Morgan fingerprint density at radius 1 is 1.17 bits per heavy atom. The molecule has 1 aliphatic heterocycles. The van der Waals surface area contributed by atoms with Crippen LogP contribution in [0.5, 0.6) is 0 Å². The van der Waals surface area contributed by atoms with E-state index in [0.29, 0.717) is 10.0 Å². The molecule has 3 atom stereocenters. The number of benzene rings is 1. The van der Waals surface area contributed by atoms with E-state index in [-0.39, 0.29) is 17.6 Å². The highest BCUT2D eigenvalue weighted by molar-refractivity contribution is 6.42. The predicted octanol–water partition coefficient (Wildman–Crippen LogP) is 6.16. The number of nitrogens with zero attached hydrogens (tertiary/aromatic N) is 2. The summed E-state index contributed by atoms with van der Waals surface area (Å²) < 4.78 is 15.0. The first-order chi connectivity index (χ1) is 14.4. The predicted molar refractivity (Wildman–Crippen MR) is 120 cm³/mol. The first-order valence-corrected chi connectivity index (χ1v) is 11.0. The van der Waals surface area contributed by atoms with Crippen LogP contribution in [0.4, 0.5) is 0 Å². The molecule has 2 fully saturated rings. The van der Waals surface area contributed by atoms with Crippen LogP contribution in [-0.2, 0) is 15.9 Å². The maximum absolute atomic E-state index is 6.54. The summed E-state index contributed by atoms with van der Waals surface area (Å²) in [6, 6.07) is 5.58. The van der Waals surface area contributed by atoms with Crippen molar-refractivity contribution in [3.8, 4) is 5.69 Å². The molecule has 6 heteroatoms. The minimum absolute atomic E-state index is 0.181. The molecule has 1 saturated heterocycles. The minimum Gasteiger partial charge on any atom is -0.339 e. The van der Waals surface area contributed by atoms with Gasteiger partial charge in [0, 0.05) is 11.8 Å². The third-order valence-corrected chi connectivity index (χ3v) is 7.57. The molecule has 2 heterocycles. The van der Waals surface area contributed by atoms with Gasteiger partial charge >= 0.3 is 0 Å². The summed E-state index contributed by atoms with van der Waals surface area (Å²) in [6.07, 6.45) is 11.1. The Kier molecular flexibility index (Phi) is 4.75. The Labute approximate surface area is 186 Å². The van der Waals surface area contributed by atoms with Crippen LogP contribution in [0.1, 0.15) is 37.4 Å². The second-order valence-corrected chi connectivity index (χ2v) is 9.30. The molecule has 2 aliphatic carbocycles. The van der Waals surface area contributed by atoms with Gasteiger partial charge in [-0.2, -0.15) is 5.10 Å². The van der Waals surface area contributed by atoms with Gasteiger partial charge in [-0.3, -0.25) is 0 Å². The van der Waals surface area contributed by atoms with Crippen LogP contribution < -0.4 is 0 Å². The minimum atomic E-state index is -0.682. The molecule has 30 heavy (non-hydrogen) atoms. The topological polar surface area (TPSA) is 36.3 Å². The highest BCUT2D eigenvalue weighted by atomic mass is 35.5. The zero-order valence-electron chi connectivity index (χ0n) is 16.9. The molecule has 5 rings (SSSR count). The van der Waals surface area contributed by atoms with Gasteiger partial charge in [0.15, 0.2) is 5.79 Å². The highest BCUT2D eigenvalue weighted by Gasteiger charge is 2.61. The molecule has 0 unspecified atom stereocenters. The summed E-state index contributed by atoms with van der Waals surface area (Å²) in [4.78, 5) is 0. The fraction of sp³-hybridized carbons (Fsp3) is 0.375. The van der Waals surface area contributed by atoms with Crippen LogP contribution >= 0.6 is 23.2 Å². The van der Waals surface area contributed by atoms with Gasteiger partial charge in [0.2, 0.25) is 0 Å². The smallest absolute Gasteiger partial charge is 0.179 e. The molecule has 2 aromatic rings. The Hall–Kier alpha value is -1.85. The van der Waals surface area contributed by atoms with Crippen LogP contribution in [0, 0.1) is 5.41 Å². The van der Waals surface area contributed by atoms with Crippen molar-refractivity contribution in [2.75, 3.05) is 0 Å². The first-order valence-electron chi connectivity index (χ1n) is 10.2. The van der Waals surface area contributed by atoms with E-state index in [4.69, 9.17) is 32.7 Å². The zero-order chi connectivity index (χ0) is 21.1. The van der Waals surface area contributed by atoms with Crippen molar-refractivity contribution in [3.63, 3.8) is 0 Å². The lowest BCUT2D eigenvalue weighted by atomic mass is 9.62. The highest BCUT2D eigenvalue weighted by Crippen LogP contribution is 2.58. The standard InChI is InChI=1S/C24H24Cl2N2O2/c1-4-21-22(5-2)30-24(29-21)10-6-7-16-11-20-15(13-23(16,24)3)14-27-28(20)17-8-9-18(25)19(26)12-17/h4-5,8-9,11-12,14,21-22H,1-2,6-7,10,13H2,3H3/t21-,22-,23+/m1/s1. The van der Waals surface area contributed by atoms with Crippen molar-refractivity contribution >= 4 is 29.3 Å². The summed E-state index contributed by atoms with van der Waals surface area (Å²) in [7, 11) is 0. The summed E-state index contributed by atoms with van der Waals surface area (Å²) >= 11 is 12.3. The van der Waals surface area contributed by atoms with Crippen molar-refractivity contribution in [2.45, 2.75) is 50.6 Å². The van der Waals surface area contributed by atoms with E-state index < -0.39 is 5.79 Å². The van der Waals surface area contributed by atoms with Crippen molar-refractivity contribution in [1.29, 1.82) is 0 Å². The normalized spacial score (nSPS) is 29.2. The largest absolute Gasteiger partial charge is 0.339 e. The van der Waals surface area contributed by atoms with Crippen molar-refractivity contribution in [2.24, 2.45) is 5.41 Å². The molecule has 156 valence electrons. The quantitative estimate of drug-likeness (QED) is 0.533. The van der Waals surface area contributed by atoms with E-state index in [0.717, 1.165) is 42.6 Å². The SMILES string of the molecule is C=C[C@H]1OC2(CCCC3=Cc4c(cnn4-c4ccc(Cl)c(Cl)c4)C[C@@]32C)O[C@@H]1C=C. The van der Waals surface area contributed by atoms with Gasteiger partial charge in [0.05, 0.1) is 27.6 Å². The molecule has 1 aromatic carbocycles. The molecule has 1 saturated carbocycles. The molecule has 1 spiro atoms. The Morgan fingerprint density at radius 3 is 2.57 bits per heavy atom. The average Bonchev–Trinajstić information content (AvgIpc) is 3.31. The van der Waals surface area contributed by atoms with E-state index in [1.807, 2.05) is 35.2 Å². The van der Waals surface area contributed by atoms with Crippen LogP contribution in [0.25, 0.3) is 11.8 Å². The molecule has 0 amide bonds. The van der Waals surface area contributed by atoms with E-state index in [1.54, 1.807) is 6.07 Å². The number of fused-ring (bicyclic) bond motifs is 3. The molecular formula is C24H24Cl2N2O2. The lowest BCUT2D eigenvalue weighted by Gasteiger charge is -2.51. The summed E-state index contributed by atoms with van der Waals surface area (Å²) in [5, 5.41) is 5.71. The van der Waals surface area contributed by atoms with E-state index in [9.17, 15) is 0 Å². The number of hydrogen-bond donors (Lipinski definition) is 0. The van der Waals surface area contributed by atoms with Gasteiger partial charge in [-0.25, -0.2) is 4.68 Å². The van der Waals surface area contributed by atoms with E-state index in [2.05, 4.69) is 31.3 Å². The number of rotatable bonds is 3. The number of ether oxygens (including phenoxy) is 2. The molecule has 1 aromatic heterocycles. The summed E-state index contributed by atoms with van der Waals surface area (Å²) in [5.74, 6) is -0.682. The van der Waals surface area contributed by atoms with Gasteiger partial charge in [0.25, 0.3) is 0 Å². The van der Waals surface area contributed by atoms with Crippen LogP contribution in [0.2, 0.25) is 10.0 Å². The van der Waals surface area contributed by atoms with E-state index >= 15 is 0 Å². The maximum atomic E-state index is 6.54. The second-order valence-electron chi connectivity index (χ2n) is 8.49. The lowest BCUT2D eigenvalue weighted by Crippen LogP contribution is -2.53. The van der Waals surface area contributed by atoms with Gasteiger partial charge in [-0.05, 0) is 49.1 Å². The molecular weight excluding hydrogens is 419 g/mol. The zero-order valence-corrected chi connectivity index (χ0v) is 18.4. The summed E-state index contributed by atoms with van der Waals surface area (Å²) in [5.41, 5.74) is 4.19. The van der Waals surface area contributed by atoms with Crippen molar-refractivity contribution in [1.82, 2.24) is 9.78 Å². The van der Waals surface area contributed by atoms with Gasteiger partial charge in [0.1, 0.15) is 12.2 Å². The fourth-order valence-electron chi connectivity index (χ4n) is 5.18. The molecule has 0 radical (unpaired) electrons. The van der Waals surface area contributed by atoms with Crippen LogP contribution in [0.15, 0.2) is 55.3 Å². The Morgan fingerprint density at radius 2 is 1.90 bits per heavy atom. The van der Waals surface area contributed by atoms with Crippen LogP contribution in [-0.4, -0.2) is 27.8 Å². The average molecular weight is 443 g/mol. The molecule has 0 bridgehead atoms. The molecule has 4 nitrogen and oxygen atoms in total. The maximum Gasteiger partial charge on any atom is 0.179 e. The number of aromatic nitrogens is 2. The molecule has 0 N–H and O–H groups in total. The van der Waals surface area contributed by atoms with Crippen molar-refractivity contribution in [3.05, 3.63) is 76.6 Å². The second kappa shape index (κ2) is 7.10. The fourth-order valence-corrected chi connectivity index (χ4v) is 5.47. The van der Waals surface area contributed by atoms with Crippen molar-refractivity contribution < 1.29 is 9.47 Å². The monoisotopic (exact) mass is 442 g/mol. The van der Waals surface area contributed by atoms with Gasteiger partial charge in [-0.15, -0.1) is 13.2 Å². The first kappa shape index (κ1) is 20.1. The number of hydrogen-bond acceptors (Lipinski definition) is 3. The van der Waals surface area contributed by atoms with E-state index in [1.165, 1.54) is 5.57 Å². The number of halogens is 2. The van der Waals surface area contributed by atoms with Gasteiger partial charge in [-0.1, -0.05) is 47.9 Å². The van der Waals surface area contributed by atoms with Crippen LogP contribution in [0.3, 0.4) is 0 Å². The molecule has 3 aliphatic rings. The Bertz CT molecular complexity index is 1060. The third-order valence-electron chi connectivity index (χ3n) is 6.83.